The van der Waals surface area contributed by atoms with Gasteiger partial charge in [-0.05, 0) is 31.9 Å². The zero-order valence-corrected chi connectivity index (χ0v) is 13.6. The third kappa shape index (κ3) is 2.81. The normalized spacial score (nSPS) is 15.8. The fourth-order valence-corrected chi connectivity index (χ4v) is 3.34. The molecule has 1 aliphatic heterocycles. The van der Waals surface area contributed by atoms with Crippen LogP contribution in [0.1, 0.15) is 19.8 Å². The number of piperidine rings is 1. The minimum Gasteiger partial charge on any atom is -0.481 e. The zero-order chi connectivity index (χ0) is 17.3. The summed E-state index contributed by atoms with van der Waals surface area (Å²) in [6.07, 6.45) is 0.930. The molecule has 0 bridgehead atoms. The average molecular weight is 331 g/mol. The highest BCUT2D eigenvalue weighted by atomic mass is 16.4. The van der Waals surface area contributed by atoms with Gasteiger partial charge in [-0.25, -0.2) is 4.79 Å². The number of amides is 1. The first kappa shape index (κ1) is 16.3. The van der Waals surface area contributed by atoms with Gasteiger partial charge >= 0.3 is 11.7 Å². The first-order valence-electron chi connectivity index (χ1n) is 8.21. The average Bonchev–Trinajstić information content (AvgIpc) is 2.86. The molecule has 1 aromatic carbocycles. The van der Waals surface area contributed by atoms with Crippen LogP contribution in [0, 0.1) is 5.92 Å². The number of hydrogen-bond donors (Lipinski definition) is 1. The van der Waals surface area contributed by atoms with E-state index in [9.17, 15) is 14.4 Å². The highest BCUT2D eigenvalue weighted by Crippen LogP contribution is 2.18. The van der Waals surface area contributed by atoms with E-state index in [4.69, 9.17) is 5.11 Å². The highest BCUT2D eigenvalue weighted by Gasteiger charge is 2.27. The number of carboxylic acids is 1. The Kier molecular flexibility index (Phi) is 4.42. The van der Waals surface area contributed by atoms with Crippen molar-refractivity contribution in [1.82, 2.24) is 14.0 Å². The summed E-state index contributed by atoms with van der Waals surface area (Å²) < 4.78 is 3.16. The van der Waals surface area contributed by atoms with Gasteiger partial charge in [0.05, 0.1) is 17.0 Å². The van der Waals surface area contributed by atoms with Crippen LogP contribution in [-0.2, 0) is 22.7 Å². The van der Waals surface area contributed by atoms with Crippen molar-refractivity contribution in [3.63, 3.8) is 0 Å². The van der Waals surface area contributed by atoms with Gasteiger partial charge in [0.2, 0.25) is 5.91 Å². The minimum absolute atomic E-state index is 0.00984. The summed E-state index contributed by atoms with van der Waals surface area (Å²) >= 11 is 0. The monoisotopic (exact) mass is 331 g/mol. The standard InChI is InChI=1S/C17H21N3O4/c1-2-19-13-5-3-4-6-14(13)20(17(19)24)11-15(21)18-9-7-12(8-10-18)16(22)23/h3-6,12H,2,7-11H2,1H3,(H,22,23). The molecule has 24 heavy (non-hydrogen) atoms. The smallest absolute Gasteiger partial charge is 0.329 e. The summed E-state index contributed by atoms with van der Waals surface area (Å²) in [5.41, 5.74) is 1.38. The van der Waals surface area contributed by atoms with E-state index >= 15 is 0 Å². The quantitative estimate of drug-likeness (QED) is 0.911. The molecule has 128 valence electrons. The maximum absolute atomic E-state index is 12.6. The number of para-hydroxylation sites is 2. The summed E-state index contributed by atoms with van der Waals surface area (Å²) in [4.78, 5) is 37.8. The first-order valence-corrected chi connectivity index (χ1v) is 8.21. The second kappa shape index (κ2) is 6.51. The second-order valence-electron chi connectivity index (χ2n) is 6.09. The molecular weight excluding hydrogens is 310 g/mol. The predicted molar refractivity (Wildman–Crippen MR) is 88.8 cm³/mol. The van der Waals surface area contributed by atoms with E-state index < -0.39 is 5.97 Å². The van der Waals surface area contributed by atoms with Crippen LogP contribution in [0.25, 0.3) is 11.0 Å². The van der Waals surface area contributed by atoms with Gasteiger partial charge < -0.3 is 10.0 Å². The van der Waals surface area contributed by atoms with Crippen LogP contribution >= 0.6 is 0 Å². The summed E-state index contributed by atoms with van der Waals surface area (Å²) in [6.45, 7) is 3.29. The number of hydrogen-bond acceptors (Lipinski definition) is 3. The molecule has 1 amide bonds. The highest BCUT2D eigenvalue weighted by molar-refractivity contribution is 5.81. The molecule has 2 heterocycles. The molecule has 1 N–H and O–H groups in total. The first-order chi connectivity index (χ1) is 11.5. The lowest BCUT2D eigenvalue weighted by atomic mass is 9.97. The lowest BCUT2D eigenvalue weighted by molar-refractivity contribution is -0.145. The minimum atomic E-state index is -0.802. The van der Waals surface area contributed by atoms with Crippen LogP contribution in [-0.4, -0.2) is 44.1 Å². The molecular formula is C17H21N3O4. The molecule has 0 radical (unpaired) electrons. The molecule has 1 aliphatic rings. The van der Waals surface area contributed by atoms with Crippen molar-refractivity contribution in [1.29, 1.82) is 0 Å². The van der Waals surface area contributed by atoms with E-state index in [-0.39, 0.29) is 24.1 Å². The molecule has 1 aromatic heterocycles. The van der Waals surface area contributed by atoms with Crippen LogP contribution in [0.5, 0.6) is 0 Å². The van der Waals surface area contributed by atoms with Crippen molar-refractivity contribution in [2.45, 2.75) is 32.9 Å². The van der Waals surface area contributed by atoms with Gasteiger partial charge in [0, 0.05) is 19.6 Å². The van der Waals surface area contributed by atoms with Gasteiger partial charge in [0.1, 0.15) is 6.54 Å². The topological polar surface area (TPSA) is 84.5 Å². The molecule has 1 fully saturated rings. The van der Waals surface area contributed by atoms with E-state index in [1.54, 1.807) is 9.47 Å². The number of rotatable bonds is 4. The lowest BCUT2D eigenvalue weighted by Gasteiger charge is -2.30. The Morgan fingerprint density at radius 1 is 1.12 bits per heavy atom. The molecule has 7 nitrogen and oxygen atoms in total. The molecule has 7 heteroatoms. The van der Waals surface area contributed by atoms with Crippen LogP contribution in [0.2, 0.25) is 0 Å². The van der Waals surface area contributed by atoms with E-state index in [0.717, 1.165) is 11.0 Å². The fraction of sp³-hybridized carbons (Fsp3) is 0.471. The second-order valence-corrected chi connectivity index (χ2v) is 6.09. The number of likely N-dealkylation sites (tertiary alicyclic amines) is 1. The third-order valence-electron chi connectivity index (χ3n) is 4.73. The van der Waals surface area contributed by atoms with Crippen molar-refractivity contribution >= 4 is 22.9 Å². The zero-order valence-electron chi connectivity index (χ0n) is 13.6. The van der Waals surface area contributed by atoms with Crippen molar-refractivity contribution < 1.29 is 14.7 Å². The lowest BCUT2D eigenvalue weighted by Crippen LogP contribution is -2.42. The summed E-state index contributed by atoms with van der Waals surface area (Å²) in [7, 11) is 0. The van der Waals surface area contributed by atoms with E-state index in [1.165, 1.54) is 4.57 Å². The Hall–Kier alpha value is -2.57. The van der Waals surface area contributed by atoms with Gasteiger partial charge in [-0.2, -0.15) is 0 Å². The van der Waals surface area contributed by atoms with E-state index in [2.05, 4.69) is 0 Å². The summed E-state index contributed by atoms with van der Waals surface area (Å²) in [6, 6.07) is 7.43. The van der Waals surface area contributed by atoms with Gasteiger partial charge in [-0.1, -0.05) is 12.1 Å². The van der Waals surface area contributed by atoms with Crippen molar-refractivity contribution in [3.8, 4) is 0 Å². The Bertz CT molecular complexity index is 828. The maximum Gasteiger partial charge on any atom is 0.329 e. The van der Waals surface area contributed by atoms with Gasteiger partial charge in [-0.15, -0.1) is 0 Å². The molecule has 3 rings (SSSR count). The summed E-state index contributed by atoms with van der Waals surface area (Å²) in [5, 5.41) is 9.03. The Balaban J connectivity index is 1.81. The maximum atomic E-state index is 12.6. The molecule has 0 saturated carbocycles. The number of imidazole rings is 1. The van der Waals surface area contributed by atoms with Crippen molar-refractivity contribution in [2.24, 2.45) is 5.92 Å². The van der Waals surface area contributed by atoms with E-state index in [1.807, 2.05) is 31.2 Å². The van der Waals surface area contributed by atoms with Crippen LogP contribution < -0.4 is 5.69 Å². The Labute approximate surface area is 139 Å². The number of nitrogens with zero attached hydrogens (tertiary/aromatic N) is 3. The van der Waals surface area contributed by atoms with Gasteiger partial charge in [-0.3, -0.25) is 18.7 Å². The SMILES string of the molecule is CCn1c(=O)n(CC(=O)N2CCC(C(=O)O)CC2)c2ccccc21. The summed E-state index contributed by atoms with van der Waals surface area (Å²) in [5.74, 6) is -1.32. The molecule has 2 aromatic rings. The number of carbonyl (C=O) groups excluding carboxylic acids is 1. The van der Waals surface area contributed by atoms with Crippen LogP contribution in [0.4, 0.5) is 0 Å². The van der Waals surface area contributed by atoms with Gasteiger partial charge in [0.15, 0.2) is 0 Å². The molecule has 0 atom stereocenters. The van der Waals surface area contributed by atoms with Crippen LogP contribution in [0.15, 0.2) is 29.1 Å². The number of carbonyl (C=O) groups is 2. The van der Waals surface area contributed by atoms with Gasteiger partial charge in [0.25, 0.3) is 0 Å². The van der Waals surface area contributed by atoms with Crippen LogP contribution in [0.3, 0.4) is 0 Å². The predicted octanol–water partition coefficient (Wildman–Crippen LogP) is 1.15. The number of aryl methyl sites for hydroxylation is 1. The largest absolute Gasteiger partial charge is 0.481 e. The molecule has 0 unspecified atom stereocenters. The number of aliphatic carboxylic acids is 1. The van der Waals surface area contributed by atoms with E-state index in [0.29, 0.717) is 32.5 Å². The molecule has 0 spiro atoms. The number of fused-ring (bicyclic) bond motifs is 1. The molecule has 1 saturated heterocycles. The molecule has 0 aliphatic carbocycles. The number of aromatic nitrogens is 2. The van der Waals surface area contributed by atoms with Crippen molar-refractivity contribution in [3.05, 3.63) is 34.7 Å². The van der Waals surface area contributed by atoms with Crippen molar-refractivity contribution in [2.75, 3.05) is 13.1 Å². The fourth-order valence-electron chi connectivity index (χ4n) is 3.34. The number of benzene rings is 1. The Morgan fingerprint density at radius 3 is 2.25 bits per heavy atom. The Morgan fingerprint density at radius 2 is 1.71 bits per heavy atom. The third-order valence-corrected chi connectivity index (χ3v) is 4.73. The number of carboxylic acid groups (broad SMARTS) is 1.